The third-order valence-electron chi connectivity index (χ3n) is 5.26. The molecule has 1 saturated heterocycles. The molecule has 0 unspecified atom stereocenters. The Morgan fingerprint density at radius 1 is 1.21 bits per heavy atom. The van der Waals surface area contributed by atoms with E-state index in [-0.39, 0.29) is 18.3 Å². The maximum atomic E-state index is 13.3. The number of carbonyl (C=O) groups is 1. The van der Waals surface area contributed by atoms with Gasteiger partial charge < -0.3 is 10.2 Å². The Balaban J connectivity index is 0.00000240. The number of carbonyl (C=O) groups excluding carboxylic acids is 1. The molecule has 0 bridgehead atoms. The zero-order chi connectivity index (χ0) is 19.7. The summed E-state index contributed by atoms with van der Waals surface area (Å²) in [6, 6.07) is 11.8. The van der Waals surface area contributed by atoms with Crippen molar-refractivity contribution in [3.05, 3.63) is 58.3 Å². The van der Waals surface area contributed by atoms with E-state index < -0.39 is 0 Å². The van der Waals surface area contributed by atoms with Gasteiger partial charge in [0.25, 0.3) is 5.91 Å². The molecule has 0 saturated carbocycles. The lowest BCUT2D eigenvalue weighted by Gasteiger charge is -2.31. The van der Waals surface area contributed by atoms with Gasteiger partial charge in [-0.05, 0) is 56.0 Å². The summed E-state index contributed by atoms with van der Waals surface area (Å²) in [5.74, 6) is 0.699. The molecule has 3 heterocycles. The first-order valence-electron chi connectivity index (χ1n) is 9.59. The zero-order valence-corrected chi connectivity index (χ0v) is 18.9. The van der Waals surface area contributed by atoms with E-state index in [1.165, 1.54) is 0 Å². The molecule has 7 heteroatoms. The van der Waals surface area contributed by atoms with Gasteiger partial charge in [0.15, 0.2) is 5.65 Å². The van der Waals surface area contributed by atoms with Crippen molar-refractivity contribution in [2.75, 3.05) is 18.4 Å². The van der Waals surface area contributed by atoms with Gasteiger partial charge in [0.05, 0.1) is 11.3 Å². The normalized spacial score (nSPS) is 14.5. The maximum Gasteiger partial charge on any atom is 0.257 e. The van der Waals surface area contributed by atoms with Gasteiger partial charge in [0.1, 0.15) is 0 Å². The van der Waals surface area contributed by atoms with Crippen molar-refractivity contribution in [3.8, 4) is 0 Å². The Kier molecular flexibility index (Phi) is 6.75. The molecular formula is C22H24BrClN4O. The van der Waals surface area contributed by atoms with Gasteiger partial charge in [-0.1, -0.05) is 28.9 Å². The first-order chi connectivity index (χ1) is 13.5. The fourth-order valence-corrected chi connectivity index (χ4v) is 3.96. The molecule has 0 spiro atoms. The molecule has 29 heavy (non-hydrogen) atoms. The van der Waals surface area contributed by atoms with Gasteiger partial charge in [0.2, 0.25) is 0 Å². The largest absolute Gasteiger partial charge is 0.354 e. The number of piperidine rings is 1. The molecule has 2 aromatic heterocycles. The average molecular weight is 476 g/mol. The van der Waals surface area contributed by atoms with Crippen molar-refractivity contribution >= 4 is 56.7 Å². The van der Waals surface area contributed by atoms with Crippen LogP contribution < -0.4 is 5.32 Å². The van der Waals surface area contributed by atoms with Crippen LogP contribution in [0.2, 0.25) is 0 Å². The van der Waals surface area contributed by atoms with E-state index in [0.29, 0.717) is 17.1 Å². The van der Waals surface area contributed by atoms with Crippen LogP contribution in [-0.4, -0.2) is 33.9 Å². The number of nitrogens with one attached hydrogen (secondary N) is 1. The quantitative estimate of drug-likeness (QED) is 0.525. The second-order valence-electron chi connectivity index (χ2n) is 7.48. The van der Waals surface area contributed by atoms with Crippen LogP contribution in [0.3, 0.4) is 0 Å². The number of amides is 1. The lowest BCUT2D eigenvalue weighted by Crippen LogP contribution is -2.38. The third kappa shape index (κ3) is 4.70. The number of halogens is 2. The molecule has 0 atom stereocenters. The van der Waals surface area contributed by atoms with Crippen LogP contribution in [0.25, 0.3) is 11.0 Å². The van der Waals surface area contributed by atoms with Gasteiger partial charge in [-0.15, -0.1) is 12.4 Å². The van der Waals surface area contributed by atoms with E-state index in [2.05, 4.69) is 38.1 Å². The minimum atomic E-state index is 0. The van der Waals surface area contributed by atoms with Gasteiger partial charge >= 0.3 is 0 Å². The topological polar surface area (TPSA) is 58.1 Å². The molecule has 1 amide bonds. The van der Waals surface area contributed by atoms with Crippen LogP contribution in [0.4, 0.5) is 11.4 Å². The number of benzene rings is 1. The molecule has 0 radical (unpaired) electrons. The summed E-state index contributed by atoms with van der Waals surface area (Å²) in [6.07, 6.45) is 3.75. The standard InChI is InChI=1S/C22H23BrN4O.ClH/c1-14-8-10-27(11-9-14)22(28)19-13-24-21-18(7-6-15(2)25-21)20(19)26-17-5-3-4-16(23)12-17;/h3-7,12-14H,8-11H2,1-2H3,(H,24,25,26);1H. The molecule has 1 N–H and O–H groups in total. The van der Waals surface area contributed by atoms with Gasteiger partial charge in [0, 0.05) is 40.5 Å². The number of hydrogen-bond donors (Lipinski definition) is 1. The van der Waals surface area contributed by atoms with Crippen LogP contribution in [0, 0.1) is 12.8 Å². The summed E-state index contributed by atoms with van der Waals surface area (Å²) in [5.41, 5.74) is 3.80. The van der Waals surface area contributed by atoms with Crippen LogP contribution in [0.5, 0.6) is 0 Å². The Morgan fingerprint density at radius 3 is 2.69 bits per heavy atom. The average Bonchev–Trinajstić information content (AvgIpc) is 2.68. The number of fused-ring (bicyclic) bond motifs is 1. The van der Waals surface area contributed by atoms with Crippen LogP contribution in [0.1, 0.15) is 35.8 Å². The Hall–Kier alpha value is -2.18. The number of hydrogen-bond acceptors (Lipinski definition) is 4. The first kappa shape index (κ1) is 21.5. The van der Waals surface area contributed by atoms with Crippen LogP contribution >= 0.6 is 28.3 Å². The lowest BCUT2D eigenvalue weighted by molar-refractivity contribution is 0.0698. The van der Waals surface area contributed by atoms with Gasteiger partial charge in [-0.3, -0.25) is 4.79 Å². The van der Waals surface area contributed by atoms with Crippen molar-refractivity contribution in [1.29, 1.82) is 0 Å². The highest BCUT2D eigenvalue weighted by Gasteiger charge is 2.25. The number of likely N-dealkylation sites (tertiary alicyclic amines) is 1. The number of aryl methyl sites for hydroxylation is 1. The lowest BCUT2D eigenvalue weighted by atomic mass is 9.98. The van der Waals surface area contributed by atoms with Gasteiger partial charge in [-0.2, -0.15) is 0 Å². The van der Waals surface area contributed by atoms with Crippen LogP contribution in [0.15, 0.2) is 47.1 Å². The van der Waals surface area contributed by atoms with Crippen molar-refractivity contribution < 1.29 is 4.79 Å². The minimum absolute atomic E-state index is 0. The zero-order valence-electron chi connectivity index (χ0n) is 16.5. The number of nitrogens with zero attached hydrogens (tertiary/aromatic N) is 3. The number of anilines is 2. The monoisotopic (exact) mass is 474 g/mol. The molecule has 1 aliphatic heterocycles. The third-order valence-corrected chi connectivity index (χ3v) is 5.76. The Bertz CT molecular complexity index is 1030. The fraction of sp³-hybridized carbons (Fsp3) is 0.318. The molecule has 152 valence electrons. The predicted molar refractivity (Wildman–Crippen MR) is 123 cm³/mol. The molecule has 1 aliphatic rings. The summed E-state index contributed by atoms with van der Waals surface area (Å²) in [5, 5.41) is 4.30. The molecular weight excluding hydrogens is 452 g/mol. The van der Waals surface area contributed by atoms with Crippen molar-refractivity contribution in [3.63, 3.8) is 0 Å². The highest BCUT2D eigenvalue weighted by Crippen LogP contribution is 2.31. The summed E-state index contributed by atoms with van der Waals surface area (Å²) in [4.78, 5) is 24.3. The highest BCUT2D eigenvalue weighted by atomic mass is 79.9. The Morgan fingerprint density at radius 2 is 1.97 bits per heavy atom. The van der Waals surface area contributed by atoms with E-state index >= 15 is 0 Å². The first-order valence-corrected chi connectivity index (χ1v) is 10.4. The molecule has 1 aromatic carbocycles. The van der Waals surface area contributed by atoms with E-state index in [0.717, 1.165) is 52.9 Å². The fourth-order valence-electron chi connectivity index (χ4n) is 3.56. The minimum Gasteiger partial charge on any atom is -0.354 e. The smallest absolute Gasteiger partial charge is 0.257 e. The summed E-state index contributed by atoms with van der Waals surface area (Å²) < 4.78 is 0.975. The Labute approximate surface area is 185 Å². The second-order valence-corrected chi connectivity index (χ2v) is 8.40. The molecule has 3 aromatic rings. The van der Waals surface area contributed by atoms with Crippen molar-refractivity contribution in [2.24, 2.45) is 5.92 Å². The summed E-state index contributed by atoms with van der Waals surface area (Å²) in [6.45, 7) is 5.77. The summed E-state index contributed by atoms with van der Waals surface area (Å²) in [7, 11) is 0. The van der Waals surface area contributed by atoms with Crippen molar-refractivity contribution in [2.45, 2.75) is 26.7 Å². The molecule has 0 aliphatic carbocycles. The SMILES string of the molecule is Cc1ccc2c(Nc3cccc(Br)c3)c(C(=O)N3CCC(C)CC3)cnc2n1.Cl. The van der Waals surface area contributed by atoms with E-state index in [1.807, 2.05) is 48.2 Å². The summed E-state index contributed by atoms with van der Waals surface area (Å²) >= 11 is 3.51. The van der Waals surface area contributed by atoms with E-state index in [1.54, 1.807) is 6.20 Å². The number of pyridine rings is 2. The van der Waals surface area contributed by atoms with E-state index in [4.69, 9.17) is 0 Å². The molecule has 4 rings (SSSR count). The number of rotatable bonds is 3. The maximum absolute atomic E-state index is 13.3. The second kappa shape index (κ2) is 9.09. The molecule has 5 nitrogen and oxygen atoms in total. The highest BCUT2D eigenvalue weighted by molar-refractivity contribution is 9.10. The van der Waals surface area contributed by atoms with E-state index in [9.17, 15) is 4.79 Å². The molecule has 1 fully saturated rings. The van der Waals surface area contributed by atoms with Gasteiger partial charge in [-0.25, -0.2) is 9.97 Å². The van der Waals surface area contributed by atoms with Crippen LogP contribution in [-0.2, 0) is 0 Å². The number of aromatic nitrogens is 2. The predicted octanol–water partition coefficient (Wildman–Crippen LogP) is 5.74. The van der Waals surface area contributed by atoms with Crippen molar-refractivity contribution in [1.82, 2.24) is 14.9 Å².